The number of carbonyl (C=O) groups is 3. The molecule has 2 aliphatic heterocycles. The maximum absolute atomic E-state index is 14.6. The molecular formula is C34H24FNO4. The van der Waals surface area contributed by atoms with Crippen molar-refractivity contribution in [1.82, 2.24) is 0 Å². The molecule has 7 rings (SSSR count). The van der Waals surface area contributed by atoms with Crippen LogP contribution in [0.2, 0.25) is 0 Å². The first kappa shape index (κ1) is 24.2. The van der Waals surface area contributed by atoms with Crippen LogP contribution in [0.5, 0.6) is 5.75 Å². The van der Waals surface area contributed by atoms with Crippen molar-refractivity contribution in [2.75, 3.05) is 12.0 Å². The number of halogens is 1. The molecule has 0 saturated carbocycles. The fourth-order valence-corrected chi connectivity index (χ4v) is 6.93. The molecule has 2 heterocycles. The molecule has 5 nitrogen and oxygen atoms in total. The molecule has 3 aliphatic rings. The van der Waals surface area contributed by atoms with Gasteiger partial charge < -0.3 is 9.64 Å². The second-order valence-electron chi connectivity index (χ2n) is 10.4. The average molecular weight is 530 g/mol. The summed E-state index contributed by atoms with van der Waals surface area (Å²) >= 11 is 0. The van der Waals surface area contributed by atoms with Crippen LogP contribution in [0, 0.1) is 11.2 Å². The third-order valence-corrected chi connectivity index (χ3v) is 8.55. The molecule has 40 heavy (non-hydrogen) atoms. The van der Waals surface area contributed by atoms with Crippen LogP contribution in [0.15, 0.2) is 103 Å². The third-order valence-electron chi connectivity index (χ3n) is 8.55. The van der Waals surface area contributed by atoms with Crippen LogP contribution < -0.4 is 9.64 Å². The average Bonchev–Trinajstić information content (AvgIpc) is 3.43. The lowest BCUT2D eigenvalue weighted by Gasteiger charge is -2.37. The highest BCUT2D eigenvalue weighted by Gasteiger charge is 2.71. The molecular weight excluding hydrogens is 505 g/mol. The topological polar surface area (TPSA) is 63.7 Å². The minimum Gasteiger partial charge on any atom is -0.497 e. The quantitative estimate of drug-likeness (QED) is 0.234. The van der Waals surface area contributed by atoms with E-state index in [0.29, 0.717) is 39.3 Å². The lowest BCUT2D eigenvalue weighted by Crippen LogP contribution is -2.48. The molecule has 1 spiro atoms. The summed E-state index contributed by atoms with van der Waals surface area (Å²) in [7, 11) is 1.55. The van der Waals surface area contributed by atoms with Gasteiger partial charge in [-0.3, -0.25) is 14.4 Å². The van der Waals surface area contributed by atoms with Crippen molar-refractivity contribution in [3.63, 3.8) is 0 Å². The first-order chi connectivity index (χ1) is 19.5. The van der Waals surface area contributed by atoms with Crippen LogP contribution in [0.4, 0.5) is 10.1 Å². The zero-order valence-electron chi connectivity index (χ0n) is 21.6. The number of nitrogens with zero attached hydrogens (tertiary/aromatic N) is 1. The zero-order chi connectivity index (χ0) is 27.6. The molecule has 6 heteroatoms. The predicted octanol–water partition coefficient (Wildman–Crippen LogP) is 6.15. The smallest absolute Gasteiger partial charge is 0.185 e. The molecule has 1 fully saturated rings. The fourth-order valence-electron chi connectivity index (χ4n) is 6.93. The molecule has 196 valence electrons. The van der Waals surface area contributed by atoms with E-state index in [2.05, 4.69) is 0 Å². The molecule has 0 amide bonds. The highest BCUT2D eigenvalue weighted by molar-refractivity contribution is 6.32. The van der Waals surface area contributed by atoms with Crippen LogP contribution in [-0.2, 0) is 0 Å². The molecule has 4 aromatic carbocycles. The third kappa shape index (κ3) is 3.16. The van der Waals surface area contributed by atoms with Crippen LogP contribution >= 0.6 is 0 Å². The van der Waals surface area contributed by atoms with E-state index in [4.69, 9.17) is 4.74 Å². The van der Waals surface area contributed by atoms with Crippen LogP contribution in [-0.4, -0.2) is 36.5 Å². The molecule has 0 bridgehead atoms. The second-order valence-corrected chi connectivity index (χ2v) is 10.4. The maximum Gasteiger partial charge on any atom is 0.185 e. The van der Waals surface area contributed by atoms with Gasteiger partial charge in [0.05, 0.1) is 13.2 Å². The van der Waals surface area contributed by atoms with E-state index in [1.165, 1.54) is 12.1 Å². The Hall–Kier alpha value is -4.84. The SMILES string of the molecule is COc1cccc(C2C(C(=O)c3ccccc3)N3c4ccc(F)cc4C=CC3C23C(=O)c2ccccc2C3=O)c1. The number of hydrogen-bond donors (Lipinski definition) is 0. The van der Waals surface area contributed by atoms with Gasteiger partial charge in [0.2, 0.25) is 0 Å². The monoisotopic (exact) mass is 529 g/mol. The van der Waals surface area contributed by atoms with E-state index in [1.54, 1.807) is 92.1 Å². The number of ketones is 3. The van der Waals surface area contributed by atoms with Gasteiger partial charge in [-0.15, -0.1) is 0 Å². The summed E-state index contributed by atoms with van der Waals surface area (Å²) in [5.74, 6) is -1.56. The number of Topliss-reactive ketones (excluding diaryl/α,β-unsaturated/α-hetero) is 3. The molecule has 1 saturated heterocycles. The normalized spacial score (nSPS) is 21.8. The predicted molar refractivity (Wildman–Crippen MR) is 150 cm³/mol. The summed E-state index contributed by atoms with van der Waals surface area (Å²) in [4.78, 5) is 45.6. The Balaban J connectivity index is 1.56. The van der Waals surface area contributed by atoms with Crippen molar-refractivity contribution in [3.8, 4) is 5.75 Å². The van der Waals surface area contributed by atoms with Crippen molar-refractivity contribution >= 4 is 29.1 Å². The Bertz CT molecular complexity index is 1710. The number of hydrogen-bond acceptors (Lipinski definition) is 5. The van der Waals surface area contributed by atoms with Crippen molar-refractivity contribution < 1.29 is 23.5 Å². The Labute approximate surface area is 230 Å². The summed E-state index contributed by atoms with van der Waals surface area (Å²) in [5.41, 5.74) is 1.38. The molecule has 1 aliphatic carbocycles. The molecule has 0 aromatic heterocycles. The molecule has 3 atom stereocenters. The maximum atomic E-state index is 14.6. The van der Waals surface area contributed by atoms with Gasteiger partial charge in [-0.1, -0.05) is 78.9 Å². The van der Waals surface area contributed by atoms with Gasteiger partial charge in [0, 0.05) is 33.9 Å². The Morgan fingerprint density at radius 2 is 1.55 bits per heavy atom. The van der Waals surface area contributed by atoms with E-state index >= 15 is 0 Å². The molecule has 4 aromatic rings. The molecule has 0 radical (unpaired) electrons. The Morgan fingerprint density at radius 3 is 2.25 bits per heavy atom. The summed E-state index contributed by atoms with van der Waals surface area (Å²) < 4.78 is 19.9. The minimum absolute atomic E-state index is 0.225. The van der Waals surface area contributed by atoms with Gasteiger partial charge in [0.25, 0.3) is 0 Å². The van der Waals surface area contributed by atoms with Crippen LogP contribution in [0.3, 0.4) is 0 Å². The lowest BCUT2D eigenvalue weighted by molar-refractivity contribution is 0.0665. The van der Waals surface area contributed by atoms with Crippen molar-refractivity contribution in [2.45, 2.75) is 18.0 Å². The Kier molecular flexibility index (Phi) is 5.36. The highest BCUT2D eigenvalue weighted by atomic mass is 19.1. The van der Waals surface area contributed by atoms with Crippen molar-refractivity contribution in [2.24, 2.45) is 5.41 Å². The van der Waals surface area contributed by atoms with Crippen LogP contribution in [0.25, 0.3) is 6.08 Å². The van der Waals surface area contributed by atoms with E-state index in [-0.39, 0.29) is 17.3 Å². The molecule has 3 unspecified atom stereocenters. The number of carbonyl (C=O) groups excluding carboxylic acids is 3. The van der Waals surface area contributed by atoms with Crippen molar-refractivity contribution in [3.05, 3.63) is 137 Å². The number of benzene rings is 4. The number of ether oxygens (including phenoxy) is 1. The first-order valence-corrected chi connectivity index (χ1v) is 13.1. The Morgan fingerprint density at radius 1 is 0.850 bits per heavy atom. The van der Waals surface area contributed by atoms with Crippen molar-refractivity contribution in [1.29, 1.82) is 0 Å². The first-order valence-electron chi connectivity index (χ1n) is 13.1. The van der Waals surface area contributed by atoms with E-state index in [0.717, 1.165) is 0 Å². The number of anilines is 1. The standard InChI is InChI=1S/C34H24FNO4/c1-40-24-11-7-10-22(19-24)29-30(31(37)20-8-3-2-4-9-20)36-27-16-15-23(35)18-21(27)14-17-28(36)34(29)32(38)25-12-5-6-13-26(25)33(34)39/h2-19,28-30H,1H3. The van der Waals surface area contributed by atoms with Crippen LogP contribution in [0.1, 0.15) is 48.1 Å². The highest BCUT2D eigenvalue weighted by Crippen LogP contribution is 2.61. The fraction of sp³-hybridized carbons (Fsp3) is 0.147. The largest absolute Gasteiger partial charge is 0.497 e. The lowest BCUT2D eigenvalue weighted by atomic mass is 9.64. The molecule has 0 N–H and O–H groups in total. The number of rotatable bonds is 4. The minimum atomic E-state index is -1.62. The van der Waals surface area contributed by atoms with Gasteiger partial charge >= 0.3 is 0 Å². The van der Waals surface area contributed by atoms with Gasteiger partial charge in [0.1, 0.15) is 23.0 Å². The summed E-state index contributed by atoms with van der Waals surface area (Å²) in [6, 6.07) is 25.7. The summed E-state index contributed by atoms with van der Waals surface area (Å²) in [6.07, 6.45) is 3.54. The second kappa shape index (κ2) is 8.85. The number of methoxy groups -OCH3 is 1. The summed E-state index contributed by atoms with van der Waals surface area (Å²) in [5, 5.41) is 0. The van der Waals surface area contributed by atoms with Gasteiger partial charge in [0.15, 0.2) is 17.3 Å². The van der Waals surface area contributed by atoms with Gasteiger partial charge in [-0.2, -0.15) is 0 Å². The van der Waals surface area contributed by atoms with Gasteiger partial charge in [-0.05, 0) is 35.9 Å². The summed E-state index contributed by atoms with van der Waals surface area (Å²) in [6.45, 7) is 0. The zero-order valence-corrected chi connectivity index (χ0v) is 21.6. The van der Waals surface area contributed by atoms with E-state index < -0.39 is 29.2 Å². The van der Waals surface area contributed by atoms with Gasteiger partial charge in [-0.25, -0.2) is 4.39 Å². The van der Waals surface area contributed by atoms with E-state index in [1.807, 2.05) is 17.0 Å². The van der Waals surface area contributed by atoms with E-state index in [9.17, 15) is 18.8 Å². The number of fused-ring (bicyclic) bond motifs is 5.